The van der Waals surface area contributed by atoms with Crippen molar-refractivity contribution >= 4 is 5.82 Å². The Morgan fingerprint density at radius 2 is 1.95 bits per heavy atom. The second-order valence-electron chi connectivity index (χ2n) is 4.71. The first-order chi connectivity index (χ1) is 10.3. The molecule has 1 aliphatic carbocycles. The molecule has 3 N–H and O–H groups in total. The van der Waals surface area contributed by atoms with Crippen molar-refractivity contribution in [3.05, 3.63) is 72.1 Å². The van der Waals surface area contributed by atoms with E-state index < -0.39 is 0 Å². The predicted molar refractivity (Wildman–Crippen MR) is 81.5 cm³/mol. The lowest BCUT2D eigenvalue weighted by atomic mass is 9.96. The lowest BCUT2D eigenvalue weighted by Crippen LogP contribution is -2.11. The molecule has 2 aromatic rings. The van der Waals surface area contributed by atoms with Crippen molar-refractivity contribution in [2.24, 2.45) is 5.84 Å². The monoisotopic (exact) mass is 280 g/mol. The summed E-state index contributed by atoms with van der Waals surface area (Å²) in [4.78, 5) is 0. The molecule has 0 saturated carbocycles. The normalized spacial score (nSPS) is 17.2. The number of hydrazine groups is 1. The highest BCUT2D eigenvalue weighted by atomic mass is 16.5. The largest absolute Gasteiger partial charge is 0.458 e. The number of para-hydroxylation sites is 1. The van der Waals surface area contributed by atoms with Gasteiger partial charge in [0.15, 0.2) is 5.82 Å². The van der Waals surface area contributed by atoms with Gasteiger partial charge in [-0.3, -0.25) is 0 Å². The standard InChI is InChI=1S/C16H16N4O/c17-18-16-11-10-15(19-20-16)12-6-8-14(9-7-12)21-13-4-2-1-3-5-13/h1-6,8-12H,7,17H2,(H,18,20). The van der Waals surface area contributed by atoms with E-state index in [0.717, 1.165) is 23.6 Å². The third-order valence-electron chi connectivity index (χ3n) is 3.26. The zero-order valence-corrected chi connectivity index (χ0v) is 11.4. The molecule has 1 atom stereocenters. The van der Waals surface area contributed by atoms with E-state index in [0.29, 0.717) is 5.82 Å². The van der Waals surface area contributed by atoms with E-state index in [1.165, 1.54) is 0 Å². The van der Waals surface area contributed by atoms with Gasteiger partial charge in [-0.2, -0.15) is 5.10 Å². The third-order valence-corrected chi connectivity index (χ3v) is 3.26. The fourth-order valence-electron chi connectivity index (χ4n) is 2.14. The number of benzene rings is 1. The SMILES string of the molecule is NNc1ccc(C2C=CC(Oc3ccccc3)=CC2)nn1. The number of ether oxygens (including phenoxy) is 1. The van der Waals surface area contributed by atoms with Crippen LogP contribution < -0.4 is 16.0 Å². The molecule has 0 fully saturated rings. The van der Waals surface area contributed by atoms with Crippen LogP contribution in [0.1, 0.15) is 18.0 Å². The zero-order valence-electron chi connectivity index (χ0n) is 11.4. The van der Waals surface area contributed by atoms with Crippen molar-refractivity contribution < 1.29 is 4.74 Å². The molecule has 5 heteroatoms. The Balaban J connectivity index is 1.65. The maximum Gasteiger partial charge on any atom is 0.162 e. The maximum atomic E-state index is 5.79. The Hall–Kier alpha value is -2.66. The number of hydrogen-bond donors (Lipinski definition) is 2. The number of aromatic nitrogens is 2. The van der Waals surface area contributed by atoms with Crippen LogP contribution in [0.2, 0.25) is 0 Å². The van der Waals surface area contributed by atoms with Gasteiger partial charge in [0, 0.05) is 5.92 Å². The summed E-state index contributed by atoms with van der Waals surface area (Å²) in [6.07, 6.45) is 6.95. The van der Waals surface area contributed by atoms with Crippen LogP contribution in [0, 0.1) is 0 Å². The Morgan fingerprint density at radius 3 is 2.57 bits per heavy atom. The number of hydrogen-bond acceptors (Lipinski definition) is 5. The quantitative estimate of drug-likeness (QED) is 0.665. The van der Waals surface area contributed by atoms with Crippen LogP contribution in [0.4, 0.5) is 5.82 Å². The van der Waals surface area contributed by atoms with Gasteiger partial charge in [-0.05, 0) is 42.8 Å². The van der Waals surface area contributed by atoms with Gasteiger partial charge in [0.05, 0.1) is 5.69 Å². The summed E-state index contributed by atoms with van der Waals surface area (Å²) < 4.78 is 5.79. The molecule has 5 nitrogen and oxygen atoms in total. The molecule has 21 heavy (non-hydrogen) atoms. The summed E-state index contributed by atoms with van der Waals surface area (Å²) in [7, 11) is 0. The van der Waals surface area contributed by atoms with E-state index in [1.807, 2.05) is 48.5 Å². The Kier molecular flexibility index (Phi) is 3.93. The predicted octanol–water partition coefficient (Wildman–Crippen LogP) is 2.77. The van der Waals surface area contributed by atoms with Gasteiger partial charge in [-0.15, -0.1) is 5.10 Å². The summed E-state index contributed by atoms with van der Waals surface area (Å²) in [6, 6.07) is 13.5. The highest BCUT2D eigenvalue weighted by molar-refractivity contribution is 5.35. The van der Waals surface area contributed by atoms with Crippen LogP contribution in [-0.2, 0) is 0 Å². The van der Waals surface area contributed by atoms with E-state index >= 15 is 0 Å². The van der Waals surface area contributed by atoms with E-state index in [9.17, 15) is 0 Å². The number of anilines is 1. The van der Waals surface area contributed by atoms with Gasteiger partial charge in [0.2, 0.25) is 0 Å². The van der Waals surface area contributed by atoms with Crippen LogP contribution in [0.5, 0.6) is 5.75 Å². The van der Waals surface area contributed by atoms with Crippen molar-refractivity contribution in [2.75, 3.05) is 5.43 Å². The molecular formula is C16H16N4O. The van der Waals surface area contributed by atoms with E-state index in [2.05, 4.69) is 27.8 Å². The van der Waals surface area contributed by atoms with Crippen molar-refractivity contribution in [3.8, 4) is 5.75 Å². The van der Waals surface area contributed by atoms with Crippen molar-refractivity contribution in [1.29, 1.82) is 0 Å². The van der Waals surface area contributed by atoms with Crippen molar-refractivity contribution in [2.45, 2.75) is 12.3 Å². The molecule has 1 aliphatic rings. The molecule has 1 aromatic heterocycles. The zero-order chi connectivity index (χ0) is 14.5. The van der Waals surface area contributed by atoms with E-state index in [1.54, 1.807) is 0 Å². The highest BCUT2D eigenvalue weighted by Crippen LogP contribution is 2.26. The molecule has 0 aliphatic heterocycles. The molecular weight excluding hydrogens is 264 g/mol. The van der Waals surface area contributed by atoms with Crippen molar-refractivity contribution in [3.63, 3.8) is 0 Å². The maximum absolute atomic E-state index is 5.79. The Bertz CT molecular complexity index is 650. The first kappa shape index (κ1) is 13.3. The summed E-state index contributed by atoms with van der Waals surface area (Å²) in [6.45, 7) is 0. The number of nitrogens with two attached hydrogens (primary N) is 1. The van der Waals surface area contributed by atoms with Crippen molar-refractivity contribution in [1.82, 2.24) is 10.2 Å². The minimum absolute atomic E-state index is 0.215. The van der Waals surface area contributed by atoms with Crippen LogP contribution in [0.15, 0.2) is 66.5 Å². The fourth-order valence-corrected chi connectivity index (χ4v) is 2.14. The van der Waals surface area contributed by atoms with Gasteiger partial charge in [0.25, 0.3) is 0 Å². The van der Waals surface area contributed by atoms with Crippen LogP contribution in [0.25, 0.3) is 0 Å². The molecule has 1 heterocycles. The van der Waals surface area contributed by atoms with Gasteiger partial charge in [-0.1, -0.05) is 24.3 Å². The first-order valence-corrected chi connectivity index (χ1v) is 6.76. The summed E-state index contributed by atoms with van der Waals surface area (Å²) in [5.74, 6) is 7.74. The Morgan fingerprint density at radius 1 is 1.10 bits per heavy atom. The minimum Gasteiger partial charge on any atom is -0.458 e. The third kappa shape index (κ3) is 3.27. The van der Waals surface area contributed by atoms with Gasteiger partial charge < -0.3 is 10.2 Å². The van der Waals surface area contributed by atoms with Gasteiger partial charge in [0.1, 0.15) is 11.5 Å². The summed E-state index contributed by atoms with van der Waals surface area (Å²) in [5.41, 5.74) is 3.38. The van der Waals surface area contributed by atoms with Crippen LogP contribution in [0.3, 0.4) is 0 Å². The molecule has 0 amide bonds. The van der Waals surface area contributed by atoms with E-state index in [-0.39, 0.29) is 5.92 Å². The molecule has 0 radical (unpaired) electrons. The topological polar surface area (TPSA) is 73.1 Å². The molecule has 106 valence electrons. The number of nitrogen functional groups attached to an aromatic ring is 1. The molecule has 0 spiro atoms. The highest BCUT2D eigenvalue weighted by Gasteiger charge is 2.14. The number of nitrogens with zero attached hydrogens (tertiary/aromatic N) is 2. The number of rotatable bonds is 4. The van der Waals surface area contributed by atoms with Gasteiger partial charge in [-0.25, -0.2) is 5.84 Å². The van der Waals surface area contributed by atoms with E-state index in [4.69, 9.17) is 10.6 Å². The van der Waals surface area contributed by atoms with Crippen LogP contribution >= 0.6 is 0 Å². The summed E-state index contributed by atoms with van der Waals surface area (Å²) in [5, 5.41) is 8.16. The molecule has 1 unspecified atom stereocenters. The average molecular weight is 280 g/mol. The smallest absolute Gasteiger partial charge is 0.162 e. The van der Waals surface area contributed by atoms with Gasteiger partial charge >= 0.3 is 0 Å². The molecule has 0 saturated heterocycles. The first-order valence-electron chi connectivity index (χ1n) is 6.76. The lowest BCUT2D eigenvalue weighted by Gasteiger charge is -2.16. The number of nitrogens with one attached hydrogen (secondary N) is 1. The van der Waals surface area contributed by atoms with Crippen LogP contribution in [-0.4, -0.2) is 10.2 Å². The molecule has 0 bridgehead atoms. The average Bonchev–Trinajstić information content (AvgIpc) is 2.57. The molecule has 1 aromatic carbocycles. The second kappa shape index (κ2) is 6.19. The fraction of sp³-hybridized carbons (Fsp3) is 0.125. The lowest BCUT2D eigenvalue weighted by molar-refractivity contribution is 0.437. The number of allylic oxidation sites excluding steroid dienone is 3. The Labute approximate surface area is 123 Å². The minimum atomic E-state index is 0.215. The second-order valence-corrected chi connectivity index (χ2v) is 4.71. The molecule has 3 rings (SSSR count). The summed E-state index contributed by atoms with van der Waals surface area (Å²) >= 11 is 0.